The van der Waals surface area contributed by atoms with E-state index in [1.165, 1.54) is 5.56 Å². The number of nitrogens with one attached hydrogen (secondary N) is 3. The largest absolute Gasteiger partial charge is 0.489 e. The summed E-state index contributed by atoms with van der Waals surface area (Å²) in [4.78, 5) is 19.1. The SMILES string of the molecule is CCNC(=NCc1cccc(C(=O)NCCN(C)C)c1)NCC(C)Oc1cccc(C)c1.I. The number of carbonyl (C=O) groups is 1. The Morgan fingerprint density at radius 3 is 2.55 bits per heavy atom. The third kappa shape index (κ3) is 11.4. The number of aliphatic imine (C=N–C) groups is 1. The molecule has 0 spiro atoms. The lowest BCUT2D eigenvalue weighted by Crippen LogP contribution is -2.41. The molecule has 0 radical (unpaired) electrons. The second-order valence-electron chi connectivity index (χ2n) is 8.08. The van der Waals surface area contributed by atoms with Crippen LogP contribution in [0.15, 0.2) is 53.5 Å². The number of halogens is 1. The highest BCUT2D eigenvalue weighted by Crippen LogP contribution is 2.14. The van der Waals surface area contributed by atoms with Crippen LogP contribution in [0.5, 0.6) is 5.75 Å². The summed E-state index contributed by atoms with van der Waals surface area (Å²) in [6.07, 6.45) is -0.0187. The Morgan fingerprint density at radius 2 is 1.85 bits per heavy atom. The van der Waals surface area contributed by atoms with E-state index in [9.17, 15) is 4.79 Å². The maximum atomic E-state index is 12.4. The molecule has 2 aromatic rings. The number of benzene rings is 2. The zero-order valence-electron chi connectivity index (χ0n) is 20.4. The molecule has 0 saturated carbocycles. The second kappa shape index (κ2) is 15.5. The van der Waals surface area contributed by atoms with Crippen molar-refractivity contribution in [3.05, 3.63) is 65.2 Å². The van der Waals surface area contributed by atoms with Crippen LogP contribution in [0.1, 0.15) is 35.3 Å². The molecular weight excluding hydrogens is 529 g/mol. The smallest absolute Gasteiger partial charge is 0.251 e. The number of likely N-dealkylation sites (N-methyl/N-ethyl adjacent to an activating group) is 1. The average Bonchev–Trinajstić information content (AvgIpc) is 2.75. The third-order valence-electron chi connectivity index (χ3n) is 4.68. The minimum Gasteiger partial charge on any atom is -0.489 e. The quantitative estimate of drug-likeness (QED) is 0.221. The van der Waals surface area contributed by atoms with E-state index in [-0.39, 0.29) is 36.0 Å². The lowest BCUT2D eigenvalue weighted by atomic mass is 10.1. The number of amides is 1. The summed E-state index contributed by atoms with van der Waals surface area (Å²) >= 11 is 0. The summed E-state index contributed by atoms with van der Waals surface area (Å²) in [5.41, 5.74) is 2.80. The van der Waals surface area contributed by atoms with E-state index < -0.39 is 0 Å². The topological polar surface area (TPSA) is 78.0 Å². The molecule has 0 heterocycles. The first-order valence-electron chi connectivity index (χ1n) is 11.1. The predicted octanol–water partition coefficient (Wildman–Crippen LogP) is 3.43. The van der Waals surface area contributed by atoms with E-state index in [2.05, 4.69) is 20.9 Å². The van der Waals surface area contributed by atoms with Gasteiger partial charge in [0.05, 0.1) is 13.1 Å². The Balaban J connectivity index is 0.00000544. The van der Waals surface area contributed by atoms with E-state index in [1.807, 2.05) is 88.3 Å². The second-order valence-corrected chi connectivity index (χ2v) is 8.08. The van der Waals surface area contributed by atoms with Gasteiger partial charge in [0.1, 0.15) is 11.9 Å². The molecule has 1 unspecified atom stereocenters. The number of carbonyl (C=O) groups excluding carboxylic acids is 1. The van der Waals surface area contributed by atoms with Crippen LogP contribution in [-0.4, -0.2) is 63.1 Å². The van der Waals surface area contributed by atoms with Crippen LogP contribution in [0.4, 0.5) is 0 Å². The zero-order chi connectivity index (χ0) is 23.3. The number of ether oxygens (including phenoxy) is 1. The fraction of sp³-hybridized carbons (Fsp3) is 0.440. The first kappa shape index (κ1) is 28.7. The van der Waals surface area contributed by atoms with E-state index >= 15 is 0 Å². The molecule has 7 nitrogen and oxygen atoms in total. The van der Waals surface area contributed by atoms with Crippen molar-refractivity contribution in [1.82, 2.24) is 20.9 Å². The van der Waals surface area contributed by atoms with Crippen molar-refractivity contribution in [2.24, 2.45) is 4.99 Å². The normalized spacial score (nSPS) is 12.0. The molecule has 1 atom stereocenters. The number of rotatable bonds is 11. The van der Waals surface area contributed by atoms with Crippen LogP contribution in [0.2, 0.25) is 0 Å². The minimum absolute atomic E-state index is 0. The molecule has 0 fully saturated rings. The van der Waals surface area contributed by atoms with Crippen molar-refractivity contribution < 1.29 is 9.53 Å². The van der Waals surface area contributed by atoms with Gasteiger partial charge in [-0.2, -0.15) is 0 Å². The lowest BCUT2D eigenvalue weighted by Gasteiger charge is -2.18. The standard InChI is InChI=1S/C25H37N5O2.HI/c1-6-26-25(28-17-20(3)32-23-12-7-9-19(2)15-23)29-18-21-10-8-11-22(16-21)24(31)27-13-14-30(4)5;/h7-12,15-16,20H,6,13-14,17-18H2,1-5H3,(H,27,31)(H2,26,28,29);1H. The van der Waals surface area contributed by atoms with Gasteiger partial charge in [-0.15, -0.1) is 24.0 Å². The van der Waals surface area contributed by atoms with Crippen molar-refractivity contribution in [2.75, 3.05) is 40.3 Å². The molecule has 0 aliphatic heterocycles. The summed E-state index contributed by atoms with van der Waals surface area (Å²) in [7, 11) is 3.96. The molecule has 0 aliphatic rings. The Morgan fingerprint density at radius 1 is 1.09 bits per heavy atom. The average molecular weight is 568 g/mol. The van der Waals surface area contributed by atoms with Gasteiger partial charge in [-0.25, -0.2) is 4.99 Å². The van der Waals surface area contributed by atoms with Crippen LogP contribution in [0.3, 0.4) is 0 Å². The van der Waals surface area contributed by atoms with Crippen LogP contribution < -0.4 is 20.7 Å². The molecule has 3 N–H and O–H groups in total. The fourth-order valence-electron chi connectivity index (χ4n) is 3.02. The molecule has 0 aliphatic carbocycles. The first-order valence-corrected chi connectivity index (χ1v) is 11.1. The number of aryl methyl sites for hydroxylation is 1. The molecule has 0 aromatic heterocycles. The molecule has 182 valence electrons. The van der Waals surface area contributed by atoms with Gasteiger partial charge < -0.3 is 25.6 Å². The van der Waals surface area contributed by atoms with Gasteiger partial charge in [0.2, 0.25) is 0 Å². The molecular formula is C25H38IN5O2. The van der Waals surface area contributed by atoms with Gasteiger partial charge in [-0.3, -0.25) is 4.79 Å². The Hall–Kier alpha value is -2.33. The zero-order valence-corrected chi connectivity index (χ0v) is 22.7. The summed E-state index contributed by atoms with van der Waals surface area (Å²) in [5, 5.41) is 9.53. The van der Waals surface area contributed by atoms with Crippen molar-refractivity contribution in [1.29, 1.82) is 0 Å². The van der Waals surface area contributed by atoms with Crippen LogP contribution in [0.25, 0.3) is 0 Å². The maximum Gasteiger partial charge on any atom is 0.251 e. The van der Waals surface area contributed by atoms with Crippen LogP contribution >= 0.6 is 24.0 Å². The number of guanidine groups is 1. The van der Waals surface area contributed by atoms with Crippen molar-refractivity contribution in [3.63, 3.8) is 0 Å². The predicted molar refractivity (Wildman–Crippen MR) is 147 cm³/mol. The van der Waals surface area contributed by atoms with Crippen molar-refractivity contribution in [2.45, 2.75) is 33.4 Å². The summed E-state index contributed by atoms with van der Waals surface area (Å²) < 4.78 is 5.98. The maximum absolute atomic E-state index is 12.4. The van der Waals surface area contributed by atoms with E-state index in [4.69, 9.17) is 4.74 Å². The summed E-state index contributed by atoms with van der Waals surface area (Å²) in [6.45, 7) is 9.38. The highest BCUT2D eigenvalue weighted by Gasteiger charge is 2.08. The summed E-state index contributed by atoms with van der Waals surface area (Å²) in [5.74, 6) is 1.51. The fourth-order valence-corrected chi connectivity index (χ4v) is 3.02. The highest BCUT2D eigenvalue weighted by molar-refractivity contribution is 14.0. The van der Waals surface area contributed by atoms with Crippen LogP contribution in [-0.2, 0) is 6.54 Å². The number of hydrogen-bond donors (Lipinski definition) is 3. The summed E-state index contributed by atoms with van der Waals surface area (Å²) in [6, 6.07) is 15.6. The Labute approximate surface area is 215 Å². The molecule has 8 heteroatoms. The van der Waals surface area contributed by atoms with E-state index in [0.29, 0.717) is 31.2 Å². The molecule has 33 heavy (non-hydrogen) atoms. The molecule has 0 bridgehead atoms. The van der Waals surface area contributed by atoms with Gasteiger partial charge in [-0.05, 0) is 70.3 Å². The highest BCUT2D eigenvalue weighted by atomic mass is 127. The Kier molecular flexibility index (Phi) is 13.5. The number of nitrogens with zero attached hydrogens (tertiary/aromatic N) is 2. The van der Waals surface area contributed by atoms with E-state index in [1.54, 1.807) is 0 Å². The van der Waals surface area contributed by atoms with E-state index in [0.717, 1.165) is 24.4 Å². The third-order valence-corrected chi connectivity index (χ3v) is 4.68. The molecule has 2 rings (SSSR count). The molecule has 0 saturated heterocycles. The lowest BCUT2D eigenvalue weighted by molar-refractivity contribution is 0.0951. The monoisotopic (exact) mass is 567 g/mol. The number of hydrogen-bond acceptors (Lipinski definition) is 4. The van der Waals surface area contributed by atoms with Crippen molar-refractivity contribution >= 4 is 35.8 Å². The van der Waals surface area contributed by atoms with Gasteiger partial charge in [0.15, 0.2) is 5.96 Å². The van der Waals surface area contributed by atoms with Gasteiger partial charge in [-0.1, -0.05) is 24.3 Å². The van der Waals surface area contributed by atoms with Gasteiger partial charge in [0, 0.05) is 25.2 Å². The first-order chi connectivity index (χ1) is 15.4. The van der Waals surface area contributed by atoms with Gasteiger partial charge >= 0.3 is 0 Å². The van der Waals surface area contributed by atoms with Crippen LogP contribution in [0, 0.1) is 6.92 Å². The minimum atomic E-state index is -0.0650. The van der Waals surface area contributed by atoms with Crippen molar-refractivity contribution in [3.8, 4) is 5.75 Å². The Bertz CT molecular complexity index is 889. The van der Waals surface area contributed by atoms with Gasteiger partial charge in [0.25, 0.3) is 5.91 Å². The molecule has 2 aromatic carbocycles. The molecule has 1 amide bonds.